The van der Waals surface area contributed by atoms with Crippen molar-refractivity contribution in [3.8, 4) is 12.3 Å². The first-order valence-electron chi connectivity index (χ1n) is 16.1. The highest BCUT2D eigenvalue weighted by Gasteiger charge is 2.16. The number of hydrogen-bond donors (Lipinski definition) is 2. The maximum absolute atomic E-state index is 12.6. The summed E-state index contributed by atoms with van der Waals surface area (Å²) >= 11 is 1.40. The van der Waals surface area contributed by atoms with Gasteiger partial charge in [-0.05, 0) is 45.9 Å². The Morgan fingerprint density at radius 1 is 1.02 bits per heavy atom. The van der Waals surface area contributed by atoms with Crippen LogP contribution in [-0.2, 0) is 14.4 Å². The Morgan fingerprint density at radius 2 is 1.73 bits per heavy atom. The van der Waals surface area contributed by atoms with Gasteiger partial charge in [-0.2, -0.15) is 0 Å². The minimum Gasteiger partial charge on any atom is -0.351 e. The number of likely N-dealkylation sites (N-methyl/N-ethyl adjacent to an activating group) is 2. The van der Waals surface area contributed by atoms with Gasteiger partial charge >= 0.3 is 0 Å². The summed E-state index contributed by atoms with van der Waals surface area (Å²) in [5, 5.41) is 7.22. The predicted octanol–water partition coefficient (Wildman–Crippen LogP) is 6.29. The molecule has 1 aliphatic carbocycles. The van der Waals surface area contributed by atoms with E-state index in [-0.39, 0.29) is 36.3 Å². The Bertz CT molecular complexity index is 1150. The van der Waals surface area contributed by atoms with Gasteiger partial charge in [0.1, 0.15) is 5.70 Å². The third kappa shape index (κ3) is 21.0. The second-order valence-electron chi connectivity index (χ2n) is 11.8. The van der Waals surface area contributed by atoms with E-state index >= 15 is 0 Å². The highest BCUT2D eigenvalue weighted by Crippen LogP contribution is 2.22. The van der Waals surface area contributed by atoms with E-state index in [1.54, 1.807) is 22.8 Å². The molecular formula is C36H55N5O3S. The Kier molecular flexibility index (Phi) is 21.8. The molecule has 1 saturated carbocycles. The first-order valence-corrected chi connectivity index (χ1v) is 17.1. The molecule has 2 N–H and O–H groups in total. The fourth-order valence-electron chi connectivity index (χ4n) is 4.37. The van der Waals surface area contributed by atoms with E-state index in [2.05, 4.69) is 47.5 Å². The van der Waals surface area contributed by atoms with Gasteiger partial charge < -0.3 is 20.4 Å². The second kappa shape index (κ2) is 24.8. The van der Waals surface area contributed by atoms with Gasteiger partial charge in [-0.1, -0.05) is 81.3 Å². The third-order valence-electron chi connectivity index (χ3n) is 7.25. The molecule has 0 aliphatic heterocycles. The summed E-state index contributed by atoms with van der Waals surface area (Å²) in [5.41, 5.74) is 3.68. The molecule has 45 heavy (non-hydrogen) atoms. The lowest BCUT2D eigenvalue weighted by molar-refractivity contribution is -0.132. The average molecular weight is 638 g/mol. The topological polar surface area (TPSA) is 94.6 Å². The number of rotatable bonds is 14. The van der Waals surface area contributed by atoms with Crippen LogP contribution in [0.1, 0.15) is 88.8 Å². The molecule has 3 rings (SSSR count). The summed E-state index contributed by atoms with van der Waals surface area (Å²) in [6, 6.07) is 10.3. The zero-order valence-corrected chi connectivity index (χ0v) is 29.0. The summed E-state index contributed by atoms with van der Waals surface area (Å²) in [5.74, 6) is 2.74. The smallest absolute Gasteiger partial charge is 0.267 e. The summed E-state index contributed by atoms with van der Waals surface area (Å²) in [6.45, 7) is 6.27. The zero-order valence-electron chi connectivity index (χ0n) is 28.1. The molecule has 8 nitrogen and oxygen atoms in total. The molecule has 9 heteroatoms. The van der Waals surface area contributed by atoms with Crippen LogP contribution in [0, 0.1) is 25.2 Å². The quantitative estimate of drug-likeness (QED) is 0.144. The van der Waals surface area contributed by atoms with Crippen LogP contribution in [0.5, 0.6) is 0 Å². The summed E-state index contributed by atoms with van der Waals surface area (Å²) in [6.07, 6.45) is 17.7. The van der Waals surface area contributed by atoms with Crippen molar-refractivity contribution in [1.29, 1.82) is 0 Å². The van der Waals surface area contributed by atoms with Crippen LogP contribution in [0.25, 0.3) is 6.08 Å². The molecule has 1 aliphatic rings. The van der Waals surface area contributed by atoms with Crippen molar-refractivity contribution in [2.45, 2.75) is 84.5 Å². The van der Waals surface area contributed by atoms with Gasteiger partial charge in [0.2, 0.25) is 11.8 Å². The lowest BCUT2D eigenvalue weighted by Gasteiger charge is -2.19. The number of aromatic nitrogens is 1. The Balaban J connectivity index is 0.000000581. The van der Waals surface area contributed by atoms with Crippen molar-refractivity contribution in [1.82, 2.24) is 25.4 Å². The molecule has 1 aromatic carbocycles. The molecule has 2 aromatic rings. The highest BCUT2D eigenvalue weighted by atomic mass is 32.1. The number of unbranched alkanes of at least 4 members (excludes halogenated alkanes) is 3. The number of benzene rings is 1. The van der Waals surface area contributed by atoms with Crippen molar-refractivity contribution in [2.75, 3.05) is 40.8 Å². The molecule has 0 atom stereocenters. The molecule has 3 amide bonds. The van der Waals surface area contributed by atoms with Crippen LogP contribution >= 0.6 is 11.3 Å². The maximum atomic E-state index is 12.6. The standard InChI is InChI=1S/C22H33N5O3S.C7H14.C7H8/c1-5-6-7-8-9-12-23-22(30)19(15-18-16-31-17-24-18)25-20(28)10-11-21(29)27(4)14-13-26(2)3;2*1-7-5-3-2-4-6-7/h1,15-17H,6-14H2,2-4H3,(H,23,30)(H,25,28);7H,2-6H2,1H3;2-6H,1H3/b19-15+;;. The number of terminal acetylenes is 1. The summed E-state index contributed by atoms with van der Waals surface area (Å²) < 4.78 is 0. The average Bonchev–Trinajstić information content (AvgIpc) is 3.54. The van der Waals surface area contributed by atoms with Gasteiger partial charge in [-0.15, -0.1) is 23.7 Å². The van der Waals surface area contributed by atoms with Crippen molar-refractivity contribution in [3.05, 3.63) is 58.2 Å². The normalized spacial score (nSPS) is 13.0. The fourth-order valence-corrected chi connectivity index (χ4v) is 4.88. The van der Waals surface area contributed by atoms with Crippen LogP contribution in [0.3, 0.4) is 0 Å². The van der Waals surface area contributed by atoms with Gasteiger partial charge in [-0.25, -0.2) is 4.98 Å². The van der Waals surface area contributed by atoms with E-state index in [0.717, 1.165) is 38.1 Å². The number of nitrogens with one attached hydrogen (secondary N) is 2. The number of nitrogens with zero attached hydrogens (tertiary/aromatic N) is 3. The zero-order chi connectivity index (χ0) is 33.3. The molecule has 0 bridgehead atoms. The van der Waals surface area contributed by atoms with Crippen LogP contribution < -0.4 is 10.6 Å². The molecule has 0 spiro atoms. The number of carbonyl (C=O) groups is 3. The van der Waals surface area contributed by atoms with E-state index in [0.29, 0.717) is 18.8 Å². The molecule has 0 saturated heterocycles. The lowest BCUT2D eigenvalue weighted by atomic mass is 9.91. The minimum absolute atomic E-state index is 0.00108. The monoisotopic (exact) mass is 637 g/mol. The van der Waals surface area contributed by atoms with E-state index in [4.69, 9.17) is 6.42 Å². The molecule has 0 radical (unpaired) electrons. The van der Waals surface area contributed by atoms with Gasteiger partial charge in [0.15, 0.2) is 0 Å². The predicted molar refractivity (Wildman–Crippen MR) is 187 cm³/mol. The minimum atomic E-state index is -0.389. The molecule has 1 fully saturated rings. The summed E-state index contributed by atoms with van der Waals surface area (Å²) in [7, 11) is 5.59. The van der Waals surface area contributed by atoms with Crippen molar-refractivity contribution in [2.24, 2.45) is 5.92 Å². The molecule has 0 unspecified atom stereocenters. The third-order valence-corrected chi connectivity index (χ3v) is 7.86. The number of hydrogen-bond acceptors (Lipinski definition) is 6. The lowest BCUT2D eigenvalue weighted by Crippen LogP contribution is -2.36. The van der Waals surface area contributed by atoms with Gasteiger partial charge in [-0.3, -0.25) is 14.4 Å². The van der Waals surface area contributed by atoms with Crippen LogP contribution in [0.15, 0.2) is 46.9 Å². The molecule has 1 aromatic heterocycles. The van der Waals surface area contributed by atoms with Crippen molar-refractivity contribution >= 4 is 35.1 Å². The van der Waals surface area contributed by atoms with Crippen molar-refractivity contribution < 1.29 is 14.4 Å². The Morgan fingerprint density at radius 3 is 2.27 bits per heavy atom. The number of thiazole rings is 1. The van der Waals surface area contributed by atoms with Crippen LogP contribution in [0.2, 0.25) is 0 Å². The Labute approximate surface area is 276 Å². The molecular weight excluding hydrogens is 582 g/mol. The highest BCUT2D eigenvalue weighted by molar-refractivity contribution is 7.07. The first-order chi connectivity index (χ1) is 21.6. The largest absolute Gasteiger partial charge is 0.351 e. The first kappa shape index (κ1) is 39.5. The van der Waals surface area contributed by atoms with Gasteiger partial charge in [0.05, 0.1) is 11.2 Å². The number of amides is 3. The van der Waals surface area contributed by atoms with Crippen LogP contribution in [-0.4, -0.2) is 73.3 Å². The van der Waals surface area contributed by atoms with Crippen LogP contribution in [0.4, 0.5) is 0 Å². The van der Waals surface area contributed by atoms with Gasteiger partial charge in [0.25, 0.3) is 5.91 Å². The number of aryl methyl sites for hydroxylation is 1. The fraction of sp³-hybridized carbons (Fsp3) is 0.556. The summed E-state index contributed by atoms with van der Waals surface area (Å²) in [4.78, 5) is 44.9. The number of carbonyl (C=O) groups excluding carboxylic acids is 3. The van der Waals surface area contributed by atoms with E-state index in [1.807, 2.05) is 37.2 Å². The molecule has 1 heterocycles. The van der Waals surface area contributed by atoms with E-state index in [1.165, 1.54) is 55.1 Å². The SMILES string of the molecule is C#CCCCCCNC(=O)/C(=C\c1cscn1)NC(=O)CCC(=O)N(C)CCN(C)C.CC1CCCCC1.Cc1ccccc1. The van der Waals surface area contributed by atoms with Crippen molar-refractivity contribution in [3.63, 3.8) is 0 Å². The van der Waals surface area contributed by atoms with Gasteiger partial charge in [0, 0.05) is 51.3 Å². The van der Waals surface area contributed by atoms with E-state index in [9.17, 15) is 14.4 Å². The second-order valence-corrected chi connectivity index (χ2v) is 12.5. The van der Waals surface area contributed by atoms with E-state index < -0.39 is 0 Å². The Hall–Kier alpha value is -3.48. The molecule has 248 valence electrons. The maximum Gasteiger partial charge on any atom is 0.267 e.